The van der Waals surface area contributed by atoms with Crippen molar-refractivity contribution in [3.05, 3.63) is 38.0 Å². The van der Waals surface area contributed by atoms with Crippen molar-refractivity contribution < 1.29 is 0 Å². The predicted octanol–water partition coefficient (Wildman–Crippen LogP) is 3.91. The molecule has 2 rings (SSSR count). The second-order valence-corrected chi connectivity index (χ2v) is 4.89. The van der Waals surface area contributed by atoms with Crippen molar-refractivity contribution in [2.45, 2.75) is 6.92 Å². The molecule has 0 bridgehead atoms. The summed E-state index contributed by atoms with van der Waals surface area (Å²) in [7, 11) is 0. The van der Waals surface area contributed by atoms with Gasteiger partial charge in [0, 0.05) is 19.1 Å². The molecule has 0 unspecified atom stereocenters. The van der Waals surface area contributed by atoms with E-state index in [4.69, 9.17) is 0 Å². The van der Waals surface area contributed by atoms with Crippen molar-refractivity contribution in [3.8, 4) is 0 Å². The molecule has 0 aliphatic carbocycles. The molecule has 0 saturated carbocycles. The lowest BCUT2D eigenvalue weighted by atomic mass is 10.2. The molecule has 3 heteroatoms. The van der Waals surface area contributed by atoms with E-state index in [1.807, 2.05) is 13.0 Å². The Morgan fingerprint density at radius 1 is 1.23 bits per heavy atom. The largest absolute Gasteiger partial charge is 0.252 e. The molecule has 0 spiro atoms. The third-order valence-corrected chi connectivity index (χ3v) is 3.46. The minimum atomic E-state index is 1.06. The molecule has 0 aliphatic rings. The minimum absolute atomic E-state index is 1.06. The lowest BCUT2D eigenvalue weighted by Crippen LogP contribution is -1.86. The second-order valence-electron chi connectivity index (χ2n) is 2.88. The first kappa shape index (κ1) is 9.40. The highest BCUT2D eigenvalue weighted by Crippen LogP contribution is 2.26. The van der Waals surface area contributed by atoms with Gasteiger partial charge in [-0.25, -0.2) is 0 Å². The lowest BCUT2D eigenvalue weighted by molar-refractivity contribution is 1.25. The van der Waals surface area contributed by atoms with Crippen LogP contribution in [0.25, 0.3) is 10.9 Å². The molecule has 1 heterocycles. The van der Waals surface area contributed by atoms with Crippen LogP contribution in [0.2, 0.25) is 0 Å². The standard InChI is InChI=1S/C10H7BrIN/c1-6-2-3-7-8(11)4-5-9(12)10(7)13-6/h2-5H,1H3. The van der Waals surface area contributed by atoms with Gasteiger partial charge in [0.05, 0.1) is 5.52 Å². The van der Waals surface area contributed by atoms with E-state index in [9.17, 15) is 0 Å². The third kappa shape index (κ3) is 1.72. The van der Waals surface area contributed by atoms with Crippen LogP contribution in [0.15, 0.2) is 28.7 Å². The maximum absolute atomic E-state index is 4.50. The predicted molar refractivity (Wildman–Crippen MR) is 66.9 cm³/mol. The van der Waals surface area contributed by atoms with Gasteiger partial charge >= 0.3 is 0 Å². The van der Waals surface area contributed by atoms with E-state index < -0.39 is 0 Å². The van der Waals surface area contributed by atoms with E-state index >= 15 is 0 Å². The number of hydrogen-bond donors (Lipinski definition) is 0. The maximum atomic E-state index is 4.50. The minimum Gasteiger partial charge on any atom is -0.252 e. The number of aromatic nitrogens is 1. The molecule has 1 nitrogen and oxygen atoms in total. The van der Waals surface area contributed by atoms with Gasteiger partial charge in [-0.1, -0.05) is 15.9 Å². The molecule has 66 valence electrons. The molecule has 0 atom stereocenters. The van der Waals surface area contributed by atoms with Crippen molar-refractivity contribution in [3.63, 3.8) is 0 Å². The maximum Gasteiger partial charge on any atom is 0.0849 e. The van der Waals surface area contributed by atoms with E-state index in [1.54, 1.807) is 0 Å². The number of fused-ring (bicyclic) bond motifs is 1. The Labute approximate surface area is 98.8 Å². The topological polar surface area (TPSA) is 12.9 Å². The average molecular weight is 348 g/mol. The highest BCUT2D eigenvalue weighted by atomic mass is 127. The van der Waals surface area contributed by atoms with Gasteiger partial charge in [-0.15, -0.1) is 0 Å². The van der Waals surface area contributed by atoms with Crippen LogP contribution in [0.1, 0.15) is 5.69 Å². The number of hydrogen-bond acceptors (Lipinski definition) is 1. The van der Waals surface area contributed by atoms with Gasteiger partial charge in [0.1, 0.15) is 0 Å². The van der Waals surface area contributed by atoms with Crippen LogP contribution < -0.4 is 0 Å². The zero-order chi connectivity index (χ0) is 9.42. The Morgan fingerprint density at radius 2 is 2.00 bits per heavy atom. The smallest absolute Gasteiger partial charge is 0.0849 e. The van der Waals surface area contributed by atoms with Gasteiger partial charge in [-0.3, -0.25) is 4.98 Å². The molecular formula is C10H7BrIN. The summed E-state index contributed by atoms with van der Waals surface area (Å²) in [5.41, 5.74) is 2.14. The van der Waals surface area contributed by atoms with Crippen molar-refractivity contribution in [2.75, 3.05) is 0 Å². The summed E-state index contributed by atoms with van der Waals surface area (Å²) in [6, 6.07) is 8.26. The van der Waals surface area contributed by atoms with E-state index in [0.717, 1.165) is 15.7 Å². The Kier molecular flexibility index (Phi) is 2.55. The van der Waals surface area contributed by atoms with E-state index in [1.165, 1.54) is 8.96 Å². The highest BCUT2D eigenvalue weighted by molar-refractivity contribution is 14.1. The normalized spacial score (nSPS) is 10.7. The van der Waals surface area contributed by atoms with Gasteiger partial charge in [-0.2, -0.15) is 0 Å². The monoisotopic (exact) mass is 347 g/mol. The summed E-state index contributed by atoms with van der Waals surface area (Å²) < 4.78 is 2.30. The number of aryl methyl sites for hydroxylation is 1. The molecule has 1 aromatic heterocycles. The van der Waals surface area contributed by atoms with Gasteiger partial charge in [0.2, 0.25) is 0 Å². The summed E-state index contributed by atoms with van der Waals surface area (Å²) in [4.78, 5) is 4.50. The molecule has 0 aliphatic heterocycles. The van der Waals surface area contributed by atoms with Crippen LogP contribution in [-0.2, 0) is 0 Å². The van der Waals surface area contributed by atoms with Gasteiger partial charge in [0.15, 0.2) is 0 Å². The first-order chi connectivity index (χ1) is 6.18. The van der Waals surface area contributed by atoms with Gasteiger partial charge in [0.25, 0.3) is 0 Å². The van der Waals surface area contributed by atoms with Crippen molar-refractivity contribution in [2.24, 2.45) is 0 Å². The molecule has 1 aromatic carbocycles. The van der Waals surface area contributed by atoms with Crippen LogP contribution in [-0.4, -0.2) is 4.98 Å². The van der Waals surface area contributed by atoms with Crippen molar-refractivity contribution in [1.29, 1.82) is 0 Å². The second kappa shape index (κ2) is 3.53. The van der Waals surface area contributed by atoms with Crippen molar-refractivity contribution >= 4 is 49.4 Å². The molecular weight excluding hydrogens is 341 g/mol. The number of pyridine rings is 1. The van der Waals surface area contributed by atoms with Gasteiger partial charge < -0.3 is 0 Å². The quantitative estimate of drug-likeness (QED) is 0.658. The van der Waals surface area contributed by atoms with Crippen LogP contribution in [0.4, 0.5) is 0 Å². The molecule has 0 N–H and O–H groups in total. The van der Waals surface area contributed by atoms with Crippen LogP contribution >= 0.6 is 38.5 Å². The summed E-state index contributed by atoms with van der Waals surface area (Å²) in [5, 5.41) is 1.18. The summed E-state index contributed by atoms with van der Waals surface area (Å²) >= 11 is 5.82. The average Bonchev–Trinajstić information content (AvgIpc) is 2.12. The molecule has 2 aromatic rings. The Hall–Kier alpha value is -0.160. The van der Waals surface area contributed by atoms with Crippen LogP contribution in [0, 0.1) is 10.5 Å². The zero-order valence-electron chi connectivity index (χ0n) is 7.01. The highest BCUT2D eigenvalue weighted by Gasteiger charge is 2.03. The van der Waals surface area contributed by atoms with E-state index in [-0.39, 0.29) is 0 Å². The first-order valence-electron chi connectivity index (χ1n) is 3.90. The fourth-order valence-corrected chi connectivity index (χ4v) is 2.29. The molecule has 0 fully saturated rings. The lowest BCUT2D eigenvalue weighted by Gasteiger charge is -2.02. The van der Waals surface area contributed by atoms with Crippen LogP contribution in [0.5, 0.6) is 0 Å². The number of halogens is 2. The van der Waals surface area contributed by atoms with E-state index in [0.29, 0.717) is 0 Å². The van der Waals surface area contributed by atoms with E-state index in [2.05, 4.69) is 61.7 Å². The number of nitrogens with zero attached hydrogens (tertiary/aromatic N) is 1. The summed E-state index contributed by atoms with van der Waals surface area (Å²) in [5.74, 6) is 0. The molecule has 13 heavy (non-hydrogen) atoms. The zero-order valence-corrected chi connectivity index (χ0v) is 10.8. The fourth-order valence-electron chi connectivity index (χ4n) is 1.25. The Morgan fingerprint density at radius 3 is 2.77 bits per heavy atom. The summed E-state index contributed by atoms with van der Waals surface area (Å²) in [6.45, 7) is 2.01. The molecule has 0 saturated heterocycles. The SMILES string of the molecule is Cc1ccc2c(Br)ccc(I)c2n1. The fraction of sp³-hybridized carbons (Fsp3) is 0.100. The first-order valence-corrected chi connectivity index (χ1v) is 5.77. The summed E-state index contributed by atoms with van der Waals surface area (Å²) in [6.07, 6.45) is 0. The Balaban J connectivity index is 2.92. The number of benzene rings is 1. The molecule has 0 radical (unpaired) electrons. The van der Waals surface area contributed by atoms with Crippen molar-refractivity contribution in [1.82, 2.24) is 4.98 Å². The van der Waals surface area contributed by atoms with Crippen LogP contribution in [0.3, 0.4) is 0 Å². The van der Waals surface area contributed by atoms with Gasteiger partial charge in [-0.05, 0) is 53.8 Å². The third-order valence-electron chi connectivity index (χ3n) is 1.89. The number of rotatable bonds is 0. The Bertz CT molecular complexity index is 468. The molecule has 0 amide bonds.